The number of carbonyl (C=O) groups is 1. The number of carboxylic acid groups (broad SMARTS) is 1. The fourth-order valence-corrected chi connectivity index (χ4v) is 3.40. The van der Waals surface area contributed by atoms with Gasteiger partial charge >= 0.3 is 5.97 Å². The van der Waals surface area contributed by atoms with Crippen LogP contribution in [0.4, 0.5) is 0 Å². The molecule has 0 radical (unpaired) electrons. The van der Waals surface area contributed by atoms with Crippen LogP contribution in [-0.4, -0.2) is 57.6 Å². The first kappa shape index (κ1) is 13.8. The van der Waals surface area contributed by atoms with Crippen molar-refractivity contribution in [3.63, 3.8) is 0 Å². The minimum atomic E-state index is -0.765. The molecule has 0 amide bonds. The Labute approximate surface area is 110 Å². The van der Waals surface area contributed by atoms with E-state index in [4.69, 9.17) is 0 Å². The highest BCUT2D eigenvalue weighted by atomic mass is 16.4. The van der Waals surface area contributed by atoms with Crippen molar-refractivity contribution in [3.8, 4) is 0 Å². The zero-order chi connectivity index (χ0) is 13.5. The number of aliphatic carboxylic acids is 1. The topological polar surface area (TPSA) is 43.8 Å². The Morgan fingerprint density at radius 3 is 2.50 bits per heavy atom. The van der Waals surface area contributed by atoms with Crippen LogP contribution >= 0.6 is 0 Å². The van der Waals surface area contributed by atoms with Gasteiger partial charge in [-0.2, -0.15) is 0 Å². The number of carboxylic acids is 1. The molecule has 1 N–H and O–H groups in total. The lowest BCUT2D eigenvalue weighted by Gasteiger charge is -2.38. The molecule has 2 aliphatic rings. The van der Waals surface area contributed by atoms with Gasteiger partial charge in [-0.05, 0) is 46.6 Å². The third kappa shape index (κ3) is 2.41. The number of hydrogen-bond acceptors (Lipinski definition) is 3. The van der Waals surface area contributed by atoms with E-state index in [0.29, 0.717) is 12.1 Å². The van der Waals surface area contributed by atoms with Gasteiger partial charge in [0, 0.05) is 24.7 Å². The summed E-state index contributed by atoms with van der Waals surface area (Å²) in [6.45, 7) is 9.83. The average Bonchev–Trinajstić information content (AvgIpc) is 3.04. The zero-order valence-corrected chi connectivity index (χ0v) is 12.0. The summed E-state index contributed by atoms with van der Waals surface area (Å²) in [7, 11) is 0. The number of hydrogen-bond donors (Lipinski definition) is 1. The molecule has 2 unspecified atom stereocenters. The van der Waals surface area contributed by atoms with E-state index in [1.165, 1.54) is 12.8 Å². The molecule has 2 atom stereocenters. The molecule has 0 bridgehead atoms. The maximum Gasteiger partial charge on any atom is 0.323 e. The summed E-state index contributed by atoms with van der Waals surface area (Å²) in [6.07, 6.45) is 3.75. The summed E-state index contributed by atoms with van der Waals surface area (Å²) in [5.74, 6) is -0.720. The number of likely N-dealkylation sites (N-methyl/N-ethyl adjacent to an activating group) is 1. The van der Waals surface area contributed by atoms with Gasteiger partial charge in [-0.15, -0.1) is 0 Å². The van der Waals surface area contributed by atoms with Crippen LogP contribution < -0.4 is 0 Å². The smallest absolute Gasteiger partial charge is 0.323 e. The van der Waals surface area contributed by atoms with Crippen LogP contribution in [0.15, 0.2) is 0 Å². The Morgan fingerprint density at radius 2 is 2.06 bits per heavy atom. The van der Waals surface area contributed by atoms with E-state index in [9.17, 15) is 9.90 Å². The van der Waals surface area contributed by atoms with Crippen LogP contribution in [0.5, 0.6) is 0 Å². The van der Waals surface area contributed by atoms with Crippen LogP contribution in [0.1, 0.15) is 47.0 Å². The molecule has 1 saturated heterocycles. The third-order valence-corrected chi connectivity index (χ3v) is 4.64. The summed E-state index contributed by atoms with van der Waals surface area (Å²) < 4.78 is 0. The monoisotopic (exact) mass is 254 g/mol. The van der Waals surface area contributed by atoms with E-state index in [1.807, 2.05) is 13.8 Å². The molecule has 2 rings (SSSR count). The van der Waals surface area contributed by atoms with Crippen molar-refractivity contribution in [2.75, 3.05) is 13.1 Å². The van der Waals surface area contributed by atoms with Gasteiger partial charge in [0.15, 0.2) is 0 Å². The summed E-state index contributed by atoms with van der Waals surface area (Å²) in [4.78, 5) is 16.2. The maximum absolute atomic E-state index is 11.4. The highest BCUT2D eigenvalue weighted by molar-refractivity contribution is 5.77. The van der Waals surface area contributed by atoms with E-state index in [-0.39, 0.29) is 0 Å². The van der Waals surface area contributed by atoms with Gasteiger partial charge in [0.2, 0.25) is 0 Å². The molecule has 0 spiro atoms. The van der Waals surface area contributed by atoms with E-state index in [2.05, 4.69) is 23.6 Å². The molecule has 1 heterocycles. The molecule has 0 aromatic heterocycles. The van der Waals surface area contributed by atoms with Gasteiger partial charge < -0.3 is 5.11 Å². The molecule has 0 aromatic rings. The lowest BCUT2D eigenvalue weighted by atomic mass is 9.99. The summed E-state index contributed by atoms with van der Waals surface area (Å²) in [5.41, 5.74) is -0.765. The Morgan fingerprint density at radius 1 is 1.44 bits per heavy atom. The number of nitrogens with zero attached hydrogens (tertiary/aromatic N) is 2. The zero-order valence-electron chi connectivity index (χ0n) is 12.0. The Bertz CT molecular complexity index is 326. The molecule has 4 heteroatoms. The first-order chi connectivity index (χ1) is 8.37. The van der Waals surface area contributed by atoms with Crippen molar-refractivity contribution >= 4 is 5.97 Å². The molecular weight excluding hydrogens is 228 g/mol. The average molecular weight is 254 g/mol. The normalized spacial score (nSPS) is 30.1. The third-order valence-electron chi connectivity index (χ3n) is 4.64. The van der Waals surface area contributed by atoms with Crippen molar-refractivity contribution in [2.45, 2.75) is 70.6 Å². The fraction of sp³-hybridized carbons (Fsp3) is 0.929. The largest absolute Gasteiger partial charge is 0.480 e. The molecule has 1 aliphatic carbocycles. The molecular formula is C14H26N2O2. The minimum absolute atomic E-state index is 0.386. The molecule has 1 aliphatic heterocycles. The molecule has 18 heavy (non-hydrogen) atoms. The molecule has 2 fully saturated rings. The summed E-state index contributed by atoms with van der Waals surface area (Å²) in [5, 5.41) is 9.40. The van der Waals surface area contributed by atoms with Crippen molar-refractivity contribution < 1.29 is 9.90 Å². The number of rotatable bonds is 5. The van der Waals surface area contributed by atoms with Crippen molar-refractivity contribution in [1.29, 1.82) is 0 Å². The first-order valence-electron chi connectivity index (χ1n) is 7.13. The molecule has 1 saturated carbocycles. The fourth-order valence-electron chi connectivity index (χ4n) is 3.40. The highest BCUT2D eigenvalue weighted by Gasteiger charge is 2.45. The summed E-state index contributed by atoms with van der Waals surface area (Å²) in [6, 6.07) is 1.76. The van der Waals surface area contributed by atoms with Crippen LogP contribution in [0, 0.1) is 0 Å². The van der Waals surface area contributed by atoms with E-state index in [0.717, 1.165) is 25.6 Å². The highest BCUT2D eigenvalue weighted by Crippen LogP contribution is 2.36. The minimum Gasteiger partial charge on any atom is -0.480 e. The second-order valence-corrected chi connectivity index (χ2v) is 6.32. The van der Waals surface area contributed by atoms with Gasteiger partial charge in [-0.3, -0.25) is 14.6 Å². The lowest BCUT2D eigenvalue weighted by molar-refractivity contribution is -0.150. The maximum atomic E-state index is 11.4. The standard InChI is InChI=1S/C14H26N2O2/c1-5-16(14(3,4)13(17)18)12-8-10(2)15(9-12)11-6-7-11/h10-12H,5-9H2,1-4H3,(H,17,18). The number of likely N-dealkylation sites (tertiary alicyclic amines) is 1. The quantitative estimate of drug-likeness (QED) is 0.812. The van der Waals surface area contributed by atoms with Crippen LogP contribution in [0.3, 0.4) is 0 Å². The van der Waals surface area contributed by atoms with Crippen molar-refractivity contribution in [2.24, 2.45) is 0 Å². The van der Waals surface area contributed by atoms with E-state index < -0.39 is 11.5 Å². The van der Waals surface area contributed by atoms with Gasteiger partial charge in [-0.25, -0.2) is 0 Å². The van der Waals surface area contributed by atoms with Gasteiger partial charge in [-0.1, -0.05) is 6.92 Å². The Balaban J connectivity index is 2.07. The van der Waals surface area contributed by atoms with Crippen LogP contribution in [-0.2, 0) is 4.79 Å². The predicted octanol–water partition coefficient (Wildman–Crippen LogP) is 1.80. The van der Waals surface area contributed by atoms with Crippen molar-refractivity contribution in [1.82, 2.24) is 9.80 Å². The summed E-state index contributed by atoms with van der Waals surface area (Å²) >= 11 is 0. The van der Waals surface area contributed by atoms with Gasteiger partial charge in [0.25, 0.3) is 0 Å². The Kier molecular flexibility index (Phi) is 3.70. The Hall–Kier alpha value is -0.610. The van der Waals surface area contributed by atoms with E-state index in [1.54, 1.807) is 0 Å². The molecule has 4 nitrogen and oxygen atoms in total. The SMILES string of the molecule is CCN(C1CC(C)N(C2CC2)C1)C(C)(C)C(=O)O. The molecule has 104 valence electrons. The van der Waals surface area contributed by atoms with E-state index >= 15 is 0 Å². The lowest BCUT2D eigenvalue weighted by Crippen LogP contribution is -2.55. The second-order valence-electron chi connectivity index (χ2n) is 6.32. The molecule has 0 aromatic carbocycles. The van der Waals surface area contributed by atoms with Crippen molar-refractivity contribution in [3.05, 3.63) is 0 Å². The first-order valence-corrected chi connectivity index (χ1v) is 7.13. The van der Waals surface area contributed by atoms with Crippen LogP contribution in [0.2, 0.25) is 0 Å². The van der Waals surface area contributed by atoms with Crippen LogP contribution in [0.25, 0.3) is 0 Å². The second kappa shape index (κ2) is 4.82. The predicted molar refractivity (Wildman–Crippen MR) is 71.7 cm³/mol. The van der Waals surface area contributed by atoms with Gasteiger partial charge in [0.1, 0.15) is 5.54 Å². The van der Waals surface area contributed by atoms with Gasteiger partial charge in [0.05, 0.1) is 0 Å².